The smallest absolute Gasteiger partial charge is 0.259 e. The van der Waals surface area contributed by atoms with Crippen molar-refractivity contribution in [1.29, 1.82) is 0 Å². The SMILES string of the molecule is C[C@@H]1CN([C@@H](C)CO)C(=O)c2cc(C3=CCCCC3)cnc2O[C@@H]1CN(C)C(=O)c1cccnc1. The van der Waals surface area contributed by atoms with Crippen LogP contribution in [0.25, 0.3) is 5.57 Å². The predicted molar refractivity (Wildman–Crippen MR) is 133 cm³/mol. The molecular formula is C27H34N4O4. The van der Waals surface area contributed by atoms with E-state index in [9.17, 15) is 14.7 Å². The van der Waals surface area contributed by atoms with Crippen molar-refractivity contribution < 1.29 is 19.4 Å². The third-order valence-corrected chi connectivity index (χ3v) is 6.89. The molecule has 8 heteroatoms. The quantitative estimate of drug-likeness (QED) is 0.684. The second kappa shape index (κ2) is 11.0. The largest absolute Gasteiger partial charge is 0.472 e. The Kier molecular flexibility index (Phi) is 7.80. The molecule has 2 aromatic heterocycles. The van der Waals surface area contributed by atoms with Gasteiger partial charge in [-0.05, 0) is 61.9 Å². The van der Waals surface area contributed by atoms with Crippen LogP contribution in [0.15, 0.2) is 42.9 Å². The average Bonchev–Trinajstić information content (AvgIpc) is 2.90. The first-order valence-corrected chi connectivity index (χ1v) is 12.3. The van der Waals surface area contributed by atoms with Crippen LogP contribution in [0.2, 0.25) is 0 Å². The van der Waals surface area contributed by atoms with Gasteiger partial charge < -0.3 is 19.6 Å². The molecule has 0 spiro atoms. The molecule has 2 amide bonds. The Hall–Kier alpha value is -3.26. The zero-order chi connectivity index (χ0) is 24.9. The number of ether oxygens (including phenoxy) is 1. The molecule has 0 radical (unpaired) electrons. The van der Waals surface area contributed by atoms with Gasteiger partial charge >= 0.3 is 0 Å². The maximum absolute atomic E-state index is 13.6. The standard InChI is InChI=1S/C27H34N4O4/c1-18-15-31(19(2)17-32)27(34)23-12-22(20-8-5-4-6-9-20)14-29-25(23)35-24(18)16-30(3)26(33)21-10-7-11-28-13-21/h7-8,10-14,18-19,24,32H,4-6,9,15-17H2,1-3H3/t18-,19+,24-/m1/s1. The Balaban J connectivity index is 1.66. The van der Waals surface area contributed by atoms with Crippen molar-refractivity contribution in [3.8, 4) is 5.88 Å². The summed E-state index contributed by atoms with van der Waals surface area (Å²) < 4.78 is 6.33. The lowest BCUT2D eigenvalue weighted by atomic mass is 9.93. The second-order valence-corrected chi connectivity index (χ2v) is 9.60. The Bertz CT molecular complexity index is 1090. The van der Waals surface area contributed by atoms with Crippen LogP contribution in [-0.2, 0) is 0 Å². The molecule has 0 unspecified atom stereocenters. The van der Waals surface area contributed by atoms with E-state index in [4.69, 9.17) is 4.74 Å². The number of likely N-dealkylation sites (N-methyl/N-ethyl adjacent to an activating group) is 1. The molecule has 4 rings (SSSR count). The van der Waals surface area contributed by atoms with Gasteiger partial charge in [-0.1, -0.05) is 13.0 Å². The molecule has 186 valence electrons. The second-order valence-electron chi connectivity index (χ2n) is 9.60. The fourth-order valence-electron chi connectivity index (χ4n) is 4.66. The van der Waals surface area contributed by atoms with Crippen LogP contribution in [0.5, 0.6) is 5.88 Å². The fourth-order valence-corrected chi connectivity index (χ4v) is 4.66. The highest BCUT2D eigenvalue weighted by molar-refractivity contribution is 5.97. The van der Waals surface area contributed by atoms with Crippen molar-refractivity contribution >= 4 is 17.4 Å². The number of carbonyl (C=O) groups is 2. The van der Waals surface area contributed by atoms with E-state index in [-0.39, 0.29) is 36.3 Å². The number of nitrogens with zero attached hydrogens (tertiary/aromatic N) is 4. The van der Waals surface area contributed by atoms with E-state index in [2.05, 4.69) is 16.0 Å². The van der Waals surface area contributed by atoms with Gasteiger partial charge in [0.1, 0.15) is 11.7 Å². The first-order valence-electron chi connectivity index (χ1n) is 12.3. The highest BCUT2D eigenvalue weighted by Crippen LogP contribution is 2.32. The average molecular weight is 479 g/mol. The normalized spacial score (nSPS) is 21.2. The summed E-state index contributed by atoms with van der Waals surface area (Å²) in [5, 5.41) is 9.86. The molecular weight excluding hydrogens is 444 g/mol. The van der Waals surface area contributed by atoms with E-state index in [0.717, 1.165) is 24.8 Å². The molecule has 2 aromatic rings. The number of aliphatic hydroxyl groups excluding tert-OH is 1. The number of allylic oxidation sites excluding steroid dienone is 2. The van der Waals surface area contributed by atoms with Gasteiger partial charge in [-0.2, -0.15) is 0 Å². The van der Waals surface area contributed by atoms with E-state index in [0.29, 0.717) is 24.2 Å². The van der Waals surface area contributed by atoms with Crippen molar-refractivity contribution in [2.24, 2.45) is 5.92 Å². The molecule has 0 aromatic carbocycles. The molecule has 35 heavy (non-hydrogen) atoms. The van der Waals surface area contributed by atoms with Crippen LogP contribution >= 0.6 is 0 Å². The van der Waals surface area contributed by atoms with E-state index in [1.165, 1.54) is 12.0 Å². The lowest BCUT2D eigenvalue weighted by molar-refractivity contribution is 0.0313. The Morgan fingerprint density at radius 1 is 1.34 bits per heavy atom. The van der Waals surface area contributed by atoms with E-state index >= 15 is 0 Å². The number of carbonyl (C=O) groups excluding carboxylic acids is 2. The Morgan fingerprint density at radius 3 is 2.86 bits per heavy atom. The fraction of sp³-hybridized carbons (Fsp3) is 0.481. The molecule has 0 saturated carbocycles. The number of aliphatic hydroxyl groups is 1. The zero-order valence-corrected chi connectivity index (χ0v) is 20.7. The summed E-state index contributed by atoms with van der Waals surface area (Å²) in [5.74, 6) is -0.186. The number of pyridine rings is 2. The number of rotatable bonds is 6. The van der Waals surface area contributed by atoms with Crippen molar-refractivity contribution in [3.05, 3.63) is 59.6 Å². The topological polar surface area (TPSA) is 95.9 Å². The Morgan fingerprint density at radius 2 is 2.17 bits per heavy atom. The lowest BCUT2D eigenvalue weighted by Crippen LogP contribution is -2.50. The Labute approximate surface area is 206 Å². The first kappa shape index (κ1) is 24.9. The van der Waals surface area contributed by atoms with Gasteiger partial charge in [-0.3, -0.25) is 14.6 Å². The summed E-state index contributed by atoms with van der Waals surface area (Å²) in [5.41, 5.74) is 3.04. The molecule has 1 N–H and O–H groups in total. The van der Waals surface area contributed by atoms with E-state index < -0.39 is 6.10 Å². The highest BCUT2D eigenvalue weighted by Gasteiger charge is 2.35. The molecule has 8 nitrogen and oxygen atoms in total. The molecule has 3 heterocycles. The molecule has 1 aliphatic carbocycles. The minimum absolute atomic E-state index is 0.104. The van der Waals surface area contributed by atoms with E-state index in [1.807, 2.05) is 19.9 Å². The van der Waals surface area contributed by atoms with Crippen LogP contribution in [0.4, 0.5) is 0 Å². The van der Waals surface area contributed by atoms with Gasteiger partial charge in [-0.15, -0.1) is 0 Å². The monoisotopic (exact) mass is 478 g/mol. The number of aromatic nitrogens is 2. The molecule has 0 fully saturated rings. The van der Waals surface area contributed by atoms with Gasteiger partial charge in [0.25, 0.3) is 11.8 Å². The predicted octanol–water partition coefficient (Wildman–Crippen LogP) is 3.43. The van der Waals surface area contributed by atoms with Crippen LogP contribution in [-0.4, -0.2) is 75.6 Å². The van der Waals surface area contributed by atoms with Crippen LogP contribution in [0.3, 0.4) is 0 Å². The van der Waals surface area contributed by atoms with Crippen molar-refractivity contribution in [2.45, 2.75) is 51.7 Å². The van der Waals surface area contributed by atoms with Crippen LogP contribution in [0, 0.1) is 5.92 Å². The summed E-state index contributed by atoms with van der Waals surface area (Å²) in [6, 6.07) is 4.98. The molecule has 2 aliphatic rings. The summed E-state index contributed by atoms with van der Waals surface area (Å²) in [6.45, 7) is 4.40. The van der Waals surface area contributed by atoms with Gasteiger partial charge in [0.05, 0.1) is 24.8 Å². The summed E-state index contributed by atoms with van der Waals surface area (Å²) in [4.78, 5) is 38.4. The number of hydrogen-bond donors (Lipinski definition) is 1. The lowest BCUT2D eigenvalue weighted by Gasteiger charge is -2.37. The molecule has 3 atom stereocenters. The summed E-state index contributed by atoms with van der Waals surface area (Å²) >= 11 is 0. The first-order chi connectivity index (χ1) is 16.9. The minimum atomic E-state index is -0.395. The number of hydrogen-bond acceptors (Lipinski definition) is 6. The maximum Gasteiger partial charge on any atom is 0.259 e. The molecule has 1 aliphatic heterocycles. The highest BCUT2D eigenvalue weighted by atomic mass is 16.5. The van der Waals surface area contributed by atoms with Gasteiger partial charge in [0, 0.05) is 38.1 Å². The molecule has 0 bridgehead atoms. The van der Waals surface area contributed by atoms with Crippen LogP contribution in [0.1, 0.15) is 65.8 Å². The number of fused-ring (bicyclic) bond motifs is 1. The van der Waals surface area contributed by atoms with Gasteiger partial charge in [0.15, 0.2) is 0 Å². The van der Waals surface area contributed by atoms with E-state index in [1.54, 1.807) is 47.6 Å². The third-order valence-electron chi connectivity index (χ3n) is 6.89. The third kappa shape index (κ3) is 5.53. The maximum atomic E-state index is 13.6. The van der Waals surface area contributed by atoms with Crippen molar-refractivity contribution in [1.82, 2.24) is 19.8 Å². The summed E-state index contributed by atoms with van der Waals surface area (Å²) in [7, 11) is 1.73. The van der Waals surface area contributed by atoms with Crippen molar-refractivity contribution in [2.75, 3.05) is 26.7 Å². The summed E-state index contributed by atoms with van der Waals surface area (Å²) in [6.07, 6.45) is 11.1. The van der Waals surface area contributed by atoms with Crippen LogP contribution < -0.4 is 4.74 Å². The molecule has 0 saturated heterocycles. The van der Waals surface area contributed by atoms with Gasteiger partial charge in [-0.25, -0.2) is 4.98 Å². The minimum Gasteiger partial charge on any atom is -0.472 e. The van der Waals surface area contributed by atoms with Crippen molar-refractivity contribution in [3.63, 3.8) is 0 Å². The number of amides is 2. The van der Waals surface area contributed by atoms with Gasteiger partial charge in [0.2, 0.25) is 5.88 Å². The zero-order valence-electron chi connectivity index (χ0n) is 20.7.